The van der Waals surface area contributed by atoms with E-state index in [1.54, 1.807) is 0 Å². The van der Waals surface area contributed by atoms with Gasteiger partial charge < -0.3 is 6.74 Å². The van der Waals surface area contributed by atoms with E-state index in [-0.39, 0.29) is 20.3 Å². The Morgan fingerprint density at radius 1 is 1.71 bits per heavy atom. The molecule has 1 fully saturated rings. The van der Waals surface area contributed by atoms with Crippen molar-refractivity contribution in [3.63, 3.8) is 0 Å². The smallest absolute Gasteiger partial charge is 1.00 e. The van der Waals surface area contributed by atoms with Gasteiger partial charge in [0.2, 0.25) is 0 Å². The summed E-state index contributed by atoms with van der Waals surface area (Å²) in [5.74, 6) is 0. The fourth-order valence-corrected chi connectivity index (χ4v) is 0.619. The van der Waals surface area contributed by atoms with Gasteiger partial charge in [0.05, 0.1) is 0 Å². The van der Waals surface area contributed by atoms with Crippen molar-refractivity contribution < 1.29 is 20.3 Å². The maximum absolute atomic E-state index is 3.20. The zero-order chi connectivity index (χ0) is 4.41. The number of likely N-dealkylation sites (N-methyl/N-ethyl adjacent to an activating group) is 1. The topological polar surface area (TPSA) is 15.3 Å². The van der Waals surface area contributed by atoms with Crippen LogP contribution in [0.15, 0.2) is 0 Å². The van der Waals surface area contributed by atoms with Crippen LogP contribution in [-0.4, -0.2) is 31.7 Å². The third-order valence-corrected chi connectivity index (χ3v) is 1.05. The molecule has 0 unspecified atom stereocenters. The molecule has 0 radical (unpaired) electrons. The van der Waals surface area contributed by atoms with Crippen LogP contribution in [-0.2, 0) is 0 Å². The molecule has 3 heteroatoms. The summed E-state index contributed by atoms with van der Waals surface area (Å²) >= 11 is 0. The predicted molar refractivity (Wildman–Crippen MR) is 26.6 cm³/mol. The molecule has 0 aromatic heterocycles. The molecule has 0 aromatic carbocycles. The quantitative estimate of drug-likeness (QED) is 0.315. The number of hydrogen-bond donors (Lipinski definition) is 1. The van der Waals surface area contributed by atoms with Crippen LogP contribution in [0.2, 0.25) is 0 Å². The Balaban J connectivity index is 0. The third-order valence-electron chi connectivity index (χ3n) is 1.05. The Bertz CT molecular complexity index is 47.3. The van der Waals surface area contributed by atoms with Gasteiger partial charge in [-0.3, -0.25) is 4.90 Å². The summed E-state index contributed by atoms with van der Waals surface area (Å²) in [4.78, 5) is 2.25. The van der Waals surface area contributed by atoms with E-state index in [1.165, 1.54) is 6.54 Å². The molecule has 1 heterocycles. The second-order valence-electron chi connectivity index (χ2n) is 1.74. The Labute approximate surface area is 57.9 Å². The summed E-state index contributed by atoms with van der Waals surface area (Å²) in [6.45, 7) is 3.44. The Hall–Kier alpha value is 0.517. The standard InChI is InChI=1S/C4H10N2.Li.H/c1-6-3-2-5-4-6;;/h5H,2-4H2,1H3;;/q;+1;-1. The first-order valence-electron chi connectivity index (χ1n) is 2.29. The fourth-order valence-electron chi connectivity index (χ4n) is 0.619. The molecule has 0 atom stereocenters. The second-order valence-corrected chi connectivity index (χ2v) is 1.74. The molecule has 38 valence electrons. The van der Waals surface area contributed by atoms with Crippen LogP contribution in [0.25, 0.3) is 0 Å². The minimum absolute atomic E-state index is 0. The van der Waals surface area contributed by atoms with Crippen LogP contribution < -0.4 is 24.2 Å². The van der Waals surface area contributed by atoms with Gasteiger partial charge in [-0.15, -0.1) is 0 Å². The number of hydrogen-bond acceptors (Lipinski definition) is 2. The molecule has 1 aliphatic heterocycles. The molecule has 0 amide bonds. The van der Waals surface area contributed by atoms with E-state index >= 15 is 0 Å². The van der Waals surface area contributed by atoms with Gasteiger partial charge in [-0.2, -0.15) is 0 Å². The minimum Gasteiger partial charge on any atom is -1.00 e. The molecule has 1 saturated heterocycles. The summed E-state index contributed by atoms with van der Waals surface area (Å²) in [6, 6.07) is 0. The van der Waals surface area contributed by atoms with Gasteiger partial charge >= 0.3 is 18.9 Å². The van der Waals surface area contributed by atoms with Crippen LogP contribution in [0.5, 0.6) is 0 Å². The van der Waals surface area contributed by atoms with E-state index in [0.717, 1.165) is 13.2 Å². The van der Waals surface area contributed by atoms with Crippen molar-refractivity contribution in [3.8, 4) is 0 Å². The zero-order valence-corrected chi connectivity index (χ0v) is 5.07. The van der Waals surface area contributed by atoms with Crippen molar-refractivity contribution in [2.75, 3.05) is 26.8 Å². The van der Waals surface area contributed by atoms with Gasteiger partial charge in [0.15, 0.2) is 0 Å². The average Bonchev–Trinajstić information content (AvgIpc) is 1.86. The molecule has 0 spiro atoms. The summed E-state index contributed by atoms with van der Waals surface area (Å²) in [7, 11) is 2.11. The first-order chi connectivity index (χ1) is 2.89. The van der Waals surface area contributed by atoms with Crippen LogP contribution >= 0.6 is 0 Å². The monoisotopic (exact) mass is 94.1 g/mol. The molecule has 1 aliphatic rings. The van der Waals surface area contributed by atoms with Crippen molar-refractivity contribution in [2.45, 2.75) is 0 Å². The molecule has 7 heavy (non-hydrogen) atoms. The maximum Gasteiger partial charge on any atom is 1.00 e. The minimum atomic E-state index is 0. The molecule has 1 rings (SSSR count). The van der Waals surface area contributed by atoms with Crippen molar-refractivity contribution in [3.05, 3.63) is 0 Å². The molecule has 0 aromatic rings. The zero-order valence-electron chi connectivity index (χ0n) is 6.07. The summed E-state index contributed by atoms with van der Waals surface area (Å²) in [5, 5.41) is 3.20. The maximum atomic E-state index is 3.20. The van der Waals surface area contributed by atoms with Gasteiger partial charge in [0.1, 0.15) is 0 Å². The van der Waals surface area contributed by atoms with Gasteiger partial charge in [0.25, 0.3) is 0 Å². The summed E-state index contributed by atoms with van der Waals surface area (Å²) in [5.41, 5.74) is 0. The van der Waals surface area contributed by atoms with E-state index in [0.29, 0.717) is 0 Å². The number of nitrogens with one attached hydrogen (secondary N) is 1. The Kier molecular flexibility index (Phi) is 3.77. The first-order valence-corrected chi connectivity index (χ1v) is 2.29. The summed E-state index contributed by atoms with van der Waals surface area (Å²) < 4.78 is 0. The van der Waals surface area contributed by atoms with E-state index < -0.39 is 0 Å². The van der Waals surface area contributed by atoms with Gasteiger partial charge in [-0.25, -0.2) is 0 Å². The first kappa shape index (κ1) is 7.52. The summed E-state index contributed by atoms with van der Waals surface area (Å²) in [6.07, 6.45) is 0. The van der Waals surface area contributed by atoms with Crippen LogP contribution in [0, 0.1) is 0 Å². The molecular weight excluding hydrogens is 83.0 g/mol. The van der Waals surface area contributed by atoms with E-state index in [2.05, 4.69) is 17.3 Å². The van der Waals surface area contributed by atoms with Crippen molar-refractivity contribution in [1.29, 1.82) is 0 Å². The SMILES string of the molecule is CN1CCNC1.[H-].[Li+]. The molecule has 0 bridgehead atoms. The molecular formula is C4H11LiN2. The third kappa shape index (κ3) is 2.35. The fraction of sp³-hybridized carbons (Fsp3) is 1.00. The Morgan fingerprint density at radius 2 is 2.43 bits per heavy atom. The second kappa shape index (κ2) is 3.51. The molecule has 2 nitrogen and oxygen atoms in total. The van der Waals surface area contributed by atoms with Crippen molar-refractivity contribution in [1.82, 2.24) is 10.2 Å². The molecule has 0 saturated carbocycles. The average molecular weight is 94.1 g/mol. The van der Waals surface area contributed by atoms with Crippen LogP contribution in [0.1, 0.15) is 1.43 Å². The number of nitrogens with zero attached hydrogens (tertiary/aromatic N) is 1. The Morgan fingerprint density at radius 3 is 2.57 bits per heavy atom. The van der Waals surface area contributed by atoms with Gasteiger partial charge in [0, 0.05) is 19.8 Å². The van der Waals surface area contributed by atoms with E-state index in [1.807, 2.05) is 0 Å². The van der Waals surface area contributed by atoms with Crippen LogP contribution in [0.4, 0.5) is 0 Å². The van der Waals surface area contributed by atoms with E-state index in [9.17, 15) is 0 Å². The molecule has 0 aliphatic carbocycles. The van der Waals surface area contributed by atoms with Gasteiger partial charge in [-0.05, 0) is 7.05 Å². The largest absolute Gasteiger partial charge is 1.00 e. The van der Waals surface area contributed by atoms with Crippen molar-refractivity contribution in [2.24, 2.45) is 0 Å². The van der Waals surface area contributed by atoms with Crippen molar-refractivity contribution >= 4 is 0 Å². The predicted octanol–water partition coefficient (Wildman–Crippen LogP) is -3.40. The normalized spacial score (nSPS) is 21.9. The van der Waals surface area contributed by atoms with Gasteiger partial charge in [-0.1, -0.05) is 0 Å². The van der Waals surface area contributed by atoms with E-state index in [4.69, 9.17) is 0 Å². The van der Waals surface area contributed by atoms with Crippen LogP contribution in [0.3, 0.4) is 0 Å². The number of rotatable bonds is 0. The molecule has 1 N–H and O–H groups in total.